The Morgan fingerprint density at radius 2 is 1.67 bits per heavy atom. The number of likely N-dealkylation sites (N-methyl/N-ethyl adjacent to an activating group) is 1. The molecule has 2 saturated heterocycles. The molecule has 0 saturated carbocycles. The third kappa shape index (κ3) is 6.66. The number of morpholine rings is 1. The Morgan fingerprint density at radius 3 is 2.36 bits per heavy atom. The summed E-state index contributed by atoms with van der Waals surface area (Å²) in [7, 11) is 3.27. The lowest BCUT2D eigenvalue weighted by molar-refractivity contribution is -0.138. The van der Waals surface area contributed by atoms with Crippen molar-refractivity contribution in [3.05, 3.63) is 81.5 Å². The Hall–Kier alpha value is -3.74. The van der Waals surface area contributed by atoms with Gasteiger partial charge < -0.3 is 24.4 Å². The molecule has 1 N–H and O–H groups in total. The van der Waals surface area contributed by atoms with Crippen molar-refractivity contribution in [1.82, 2.24) is 14.4 Å². The van der Waals surface area contributed by atoms with E-state index in [0.717, 1.165) is 42.5 Å². The van der Waals surface area contributed by atoms with Gasteiger partial charge in [0.2, 0.25) is 0 Å². The van der Waals surface area contributed by atoms with Crippen molar-refractivity contribution in [3.63, 3.8) is 0 Å². The van der Waals surface area contributed by atoms with Gasteiger partial charge in [0.1, 0.15) is 5.82 Å². The molecule has 0 aliphatic carbocycles. The highest BCUT2D eigenvalue weighted by atomic mass is 19.4. The van der Waals surface area contributed by atoms with Gasteiger partial charge in [0.15, 0.2) is 0 Å². The number of halogens is 4. The molecular formula is C30H33F4N5O3. The number of rotatable bonds is 6. The summed E-state index contributed by atoms with van der Waals surface area (Å²) in [4.78, 5) is 31.8. The maximum atomic E-state index is 15.2. The Kier molecular flexibility index (Phi) is 8.67. The highest BCUT2D eigenvalue weighted by molar-refractivity contribution is 6.07. The zero-order valence-electron chi connectivity index (χ0n) is 23.5. The molecule has 0 radical (unpaired) electrons. The Balaban J connectivity index is 1.53. The van der Waals surface area contributed by atoms with Gasteiger partial charge in [0.05, 0.1) is 35.7 Å². The van der Waals surface area contributed by atoms with Gasteiger partial charge in [-0.1, -0.05) is 12.1 Å². The molecule has 1 aromatic heterocycles. The standard InChI is InChI=1S/C30H33F4N5O3/c1-36-7-9-39(10-8-36)27-6-4-21(22-15-20(3-5-25(22)31)18-38-11-13-42-14-12-38)16-26(27)35-29(41)23-19-37(2)28(40)17-24(23)30(32,33)34/h3-6,15-17,19H,7-14,18H2,1-2H3,(H,35,41). The predicted molar refractivity (Wildman–Crippen MR) is 152 cm³/mol. The zero-order valence-corrected chi connectivity index (χ0v) is 23.5. The Morgan fingerprint density at radius 1 is 0.952 bits per heavy atom. The molecule has 224 valence electrons. The number of amides is 1. The van der Waals surface area contributed by atoms with Crippen LogP contribution in [0.2, 0.25) is 0 Å². The van der Waals surface area contributed by atoms with Gasteiger partial charge in [-0.25, -0.2) is 4.39 Å². The minimum Gasteiger partial charge on any atom is -0.379 e. The number of nitrogens with zero attached hydrogens (tertiary/aromatic N) is 4. The average Bonchev–Trinajstić information content (AvgIpc) is 2.96. The van der Waals surface area contributed by atoms with Gasteiger partial charge in [0, 0.05) is 70.7 Å². The maximum Gasteiger partial charge on any atom is 0.417 e. The van der Waals surface area contributed by atoms with E-state index in [2.05, 4.69) is 15.1 Å². The van der Waals surface area contributed by atoms with E-state index in [4.69, 9.17) is 4.74 Å². The molecule has 0 unspecified atom stereocenters. The van der Waals surface area contributed by atoms with Crippen molar-refractivity contribution in [2.75, 3.05) is 69.7 Å². The first-order valence-electron chi connectivity index (χ1n) is 13.8. The summed E-state index contributed by atoms with van der Waals surface area (Å²) in [5.41, 5.74) is -0.320. The first-order valence-corrected chi connectivity index (χ1v) is 13.8. The van der Waals surface area contributed by atoms with Gasteiger partial charge in [-0.15, -0.1) is 0 Å². The van der Waals surface area contributed by atoms with Crippen LogP contribution in [0, 0.1) is 5.82 Å². The molecule has 12 heteroatoms. The highest BCUT2D eigenvalue weighted by Gasteiger charge is 2.36. The quantitative estimate of drug-likeness (QED) is 0.439. The van der Waals surface area contributed by atoms with Crippen LogP contribution in [0.5, 0.6) is 0 Å². The van der Waals surface area contributed by atoms with Crippen LogP contribution < -0.4 is 15.8 Å². The number of aromatic nitrogens is 1. The van der Waals surface area contributed by atoms with E-state index in [1.807, 2.05) is 11.9 Å². The zero-order chi connectivity index (χ0) is 30.0. The van der Waals surface area contributed by atoms with Crippen LogP contribution in [0.3, 0.4) is 0 Å². The molecule has 2 aliphatic rings. The summed E-state index contributed by atoms with van der Waals surface area (Å²) in [6.45, 7) is 6.21. The van der Waals surface area contributed by atoms with Crippen molar-refractivity contribution < 1.29 is 27.1 Å². The topological polar surface area (TPSA) is 70.1 Å². The first kappa shape index (κ1) is 29.7. The van der Waals surface area contributed by atoms with E-state index in [9.17, 15) is 22.8 Å². The number of ether oxygens (including phenoxy) is 1. The monoisotopic (exact) mass is 587 g/mol. The number of carbonyl (C=O) groups excluding carboxylic acids is 1. The summed E-state index contributed by atoms with van der Waals surface area (Å²) >= 11 is 0. The van der Waals surface area contributed by atoms with E-state index in [1.165, 1.54) is 13.1 Å². The van der Waals surface area contributed by atoms with E-state index in [-0.39, 0.29) is 5.69 Å². The lowest BCUT2D eigenvalue weighted by atomic mass is 10.00. The molecule has 0 spiro atoms. The van der Waals surface area contributed by atoms with Crippen LogP contribution in [0.1, 0.15) is 21.5 Å². The summed E-state index contributed by atoms with van der Waals surface area (Å²) in [6.07, 6.45) is -4.03. The molecule has 5 rings (SSSR count). The van der Waals surface area contributed by atoms with Crippen molar-refractivity contribution in [2.24, 2.45) is 7.05 Å². The number of alkyl halides is 3. The number of piperazine rings is 1. The van der Waals surface area contributed by atoms with Crippen LogP contribution in [0.4, 0.5) is 28.9 Å². The third-order valence-electron chi connectivity index (χ3n) is 7.72. The van der Waals surface area contributed by atoms with Gasteiger partial charge in [0.25, 0.3) is 11.5 Å². The Bertz CT molecular complexity index is 1510. The smallest absolute Gasteiger partial charge is 0.379 e. The van der Waals surface area contributed by atoms with E-state index < -0.39 is 34.6 Å². The number of hydrogen-bond donors (Lipinski definition) is 1. The number of carbonyl (C=O) groups is 1. The normalized spacial score (nSPS) is 17.0. The van der Waals surface area contributed by atoms with E-state index in [0.29, 0.717) is 55.7 Å². The van der Waals surface area contributed by atoms with Crippen LogP contribution in [0.15, 0.2) is 53.5 Å². The molecule has 0 atom stereocenters. The van der Waals surface area contributed by atoms with Crippen LogP contribution in [0.25, 0.3) is 11.1 Å². The largest absolute Gasteiger partial charge is 0.417 e. The number of benzene rings is 2. The van der Waals surface area contributed by atoms with E-state index >= 15 is 4.39 Å². The van der Waals surface area contributed by atoms with E-state index in [1.54, 1.807) is 30.3 Å². The second-order valence-corrected chi connectivity index (χ2v) is 10.7. The summed E-state index contributed by atoms with van der Waals surface area (Å²) in [5, 5.41) is 2.65. The number of nitrogens with one attached hydrogen (secondary N) is 1. The molecule has 2 fully saturated rings. The van der Waals surface area contributed by atoms with Gasteiger partial charge in [-0.05, 0) is 42.4 Å². The molecule has 3 aromatic rings. The molecule has 1 amide bonds. The Labute approximate surface area is 241 Å². The second-order valence-electron chi connectivity index (χ2n) is 10.7. The van der Waals surface area contributed by atoms with Gasteiger partial charge >= 0.3 is 6.18 Å². The lowest BCUT2D eigenvalue weighted by Crippen LogP contribution is -2.44. The number of aryl methyl sites for hydroxylation is 1. The number of hydrogen-bond acceptors (Lipinski definition) is 6. The molecule has 2 aliphatic heterocycles. The predicted octanol–water partition coefficient (Wildman–Crippen LogP) is 4.05. The lowest BCUT2D eigenvalue weighted by Gasteiger charge is -2.35. The molecule has 3 heterocycles. The molecule has 0 bridgehead atoms. The van der Waals surface area contributed by atoms with Crippen molar-refractivity contribution >= 4 is 17.3 Å². The van der Waals surface area contributed by atoms with Crippen molar-refractivity contribution in [1.29, 1.82) is 0 Å². The second kappa shape index (κ2) is 12.2. The molecule has 2 aromatic carbocycles. The van der Waals surface area contributed by atoms with Crippen LogP contribution >= 0.6 is 0 Å². The number of anilines is 2. The highest BCUT2D eigenvalue weighted by Crippen LogP contribution is 2.36. The fraction of sp³-hybridized carbons (Fsp3) is 0.400. The molecular weight excluding hydrogens is 554 g/mol. The van der Waals surface area contributed by atoms with Gasteiger partial charge in [-0.2, -0.15) is 13.2 Å². The minimum absolute atomic E-state index is 0.252. The first-order chi connectivity index (χ1) is 20.0. The molecule has 8 nitrogen and oxygen atoms in total. The minimum atomic E-state index is -4.91. The maximum absolute atomic E-state index is 15.2. The fourth-order valence-corrected chi connectivity index (χ4v) is 5.27. The summed E-state index contributed by atoms with van der Waals surface area (Å²) < 4.78 is 62.9. The van der Waals surface area contributed by atoms with Crippen LogP contribution in [-0.2, 0) is 24.5 Å². The van der Waals surface area contributed by atoms with Crippen LogP contribution in [-0.4, -0.2) is 79.8 Å². The summed E-state index contributed by atoms with van der Waals surface area (Å²) in [5.74, 6) is -1.48. The SMILES string of the molecule is CN1CCN(c2ccc(-c3cc(CN4CCOCC4)ccc3F)cc2NC(=O)c2cn(C)c(=O)cc2C(F)(F)F)CC1. The van der Waals surface area contributed by atoms with Crippen molar-refractivity contribution in [2.45, 2.75) is 12.7 Å². The van der Waals surface area contributed by atoms with Gasteiger partial charge in [-0.3, -0.25) is 14.5 Å². The fourth-order valence-electron chi connectivity index (χ4n) is 5.27. The third-order valence-corrected chi connectivity index (χ3v) is 7.72. The average molecular weight is 588 g/mol. The van der Waals surface area contributed by atoms with Crippen molar-refractivity contribution in [3.8, 4) is 11.1 Å². The molecule has 42 heavy (non-hydrogen) atoms. The number of pyridine rings is 1. The summed E-state index contributed by atoms with van der Waals surface area (Å²) in [6, 6.07) is 10.4.